The van der Waals surface area contributed by atoms with Gasteiger partial charge in [0.1, 0.15) is 5.60 Å². The van der Waals surface area contributed by atoms with E-state index in [9.17, 15) is 18.0 Å². The molecule has 1 aromatic rings. The minimum absolute atomic E-state index is 0.0418. The predicted molar refractivity (Wildman–Crippen MR) is 95.2 cm³/mol. The lowest BCUT2D eigenvalue weighted by atomic mass is 9.86. The Morgan fingerprint density at radius 2 is 1.96 bits per heavy atom. The Bertz CT molecular complexity index is 676. The van der Waals surface area contributed by atoms with Crippen LogP contribution in [-0.4, -0.2) is 34.2 Å². The van der Waals surface area contributed by atoms with Crippen LogP contribution in [0.5, 0.6) is 0 Å². The molecule has 7 heteroatoms. The van der Waals surface area contributed by atoms with Gasteiger partial charge in [-0.15, -0.1) is 0 Å². The number of carbonyl (C=O) groups excluding carboxylic acids is 1. The molecule has 0 radical (unpaired) electrons. The van der Waals surface area contributed by atoms with Gasteiger partial charge in [0.25, 0.3) is 0 Å². The van der Waals surface area contributed by atoms with Crippen LogP contribution in [0.1, 0.15) is 64.1 Å². The molecule has 0 N–H and O–H groups in total. The summed E-state index contributed by atoms with van der Waals surface area (Å²) in [6.45, 7) is 6.22. The smallest absolute Gasteiger partial charge is 0.417 e. The fraction of sp³-hybridized carbons (Fsp3) is 0.700. The first kappa shape index (κ1) is 20.0. The van der Waals surface area contributed by atoms with Crippen LogP contribution in [0.15, 0.2) is 18.3 Å². The number of carbonyl (C=O) groups is 1. The third-order valence-electron chi connectivity index (χ3n) is 5.46. The van der Waals surface area contributed by atoms with Crippen molar-refractivity contribution in [2.24, 2.45) is 5.41 Å². The number of rotatable bonds is 3. The van der Waals surface area contributed by atoms with Crippen LogP contribution in [0.4, 0.5) is 18.0 Å². The van der Waals surface area contributed by atoms with Crippen molar-refractivity contribution in [3.05, 3.63) is 29.6 Å². The van der Waals surface area contributed by atoms with Gasteiger partial charge in [-0.05, 0) is 76.8 Å². The molecule has 3 rings (SSSR count). The van der Waals surface area contributed by atoms with Crippen molar-refractivity contribution >= 4 is 6.09 Å². The second-order valence-corrected chi connectivity index (χ2v) is 8.86. The van der Waals surface area contributed by atoms with Crippen molar-refractivity contribution in [2.75, 3.05) is 6.54 Å². The topological polar surface area (TPSA) is 42.4 Å². The van der Waals surface area contributed by atoms with E-state index < -0.39 is 17.3 Å². The number of pyridine rings is 1. The van der Waals surface area contributed by atoms with Crippen molar-refractivity contribution in [3.8, 4) is 0 Å². The lowest BCUT2D eigenvalue weighted by molar-refractivity contribution is -0.137. The summed E-state index contributed by atoms with van der Waals surface area (Å²) in [5, 5.41) is 0. The van der Waals surface area contributed by atoms with Crippen molar-refractivity contribution < 1.29 is 22.7 Å². The van der Waals surface area contributed by atoms with Crippen LogP contribution < -0.4 is 0 Å². The van der Waals surface area contributed by atoms with E-state index in [0.717, 1.165) is 25.1 Å². The summed E-state index contributed by atoms with van der Waals surface area (Å²) >= 11 is 0. The number of aromatic nitrogens is 1. The predicted octanol–water partition coefficient (Wildman–Crippen LogP) is 5.21. The van der Waals surface area contributed by atoms with Crippen molar-refractivity contribution in [3.63, 3.8) is 0 Å². The molecule has 1 aromatic heterocycles. The second-order valence-electron chi connectivity index (χ2n) is 8.86. The van der Waals surface area contributed by atoms with Crippen LogP contribution in [0.2, 0.25) is 0 Å². The monoisotopic (exact) mass is 384 g/mol. The van der Waals surface area contributed by atoms with Gasteiger partial charge in [0.2, 0.25) is 0 Å². The number of ether oxygens (including phenoxy) is 1. The number of piperidine rings is 1. The summed E-state index contributed by atoms with van der Waals surface area (Å²) < 4.78 is 43.5. The molecule has 2 fully saturated rings. The Hall–Kier alpha value is -1.79. The summed E-state index contributed by atoms with van der Waals surface area (Å²) in [4.78, 5) is 18.3. The number of likely N-dealkylation sites (tertiary alicyclic amines) is 1. The zero-order chi connectivity index (χ0) is 19.9. The lowest BCUT2D eigenvalue weighted by Gasteiger charge is -2.40. The molecule has 1 unspecified atom stereocenters. The highest BCUT2D eigenvalue weighted by atomic mass is 19.4. The number of halogens is 3. The maximum absolute atomic E-state index is 12.7. The first-order chi connectivity index (χ1) is 12.5. The standard InChI is InChI=1S/C20H27F3N2O2/c1-18(2,3)27-17(26)25-11-10-19(8-9-19)12-16(25)7-6-15-5-4-14(13-24-15)20(21,22)23/h4-5,13,16H,6-12H2,1-3H3. The first-order valence-corrected chi connectivity index (χ1v) is 9.49. The molecule has 27 heavy (non-hydrogen) atoms. The third-order valence-corrected chi connectivity index (χ3v) is 5.46. The highest BCUT2D eigenvalue weighted by molar-refractivity contribution is 5.68. The van der Waals surface area contributed by atoms with Crippen LogP contribution in [0.3, 0.4) is 0 Å². The molecule has 1 aliphatic carbocycles. The van der Waals surface area contributed by atoms with Crippen molar-refractivity contribution in [1.29, 1.82) is 0 Å². The maximum atomic E-state index is 12.7. The first-order valence-electron chi connectivity index (χ1n) is 9.49. The fourth-order valence-corrected chi connectivity index (χ4v) is 3.76. The largest absolute Gasteiger partial charge is 0.444 e. The molecule has 2 heterocycles. The number of hydrogen-bond donors (Lipinski definition) is 0. The SMILES string of the molecule is CC(C)(C)OC(=O)N1CCC2(CC2)CC1CCc1ccc(C(F)(F)F)cn1. The van der Waals surface area contributed by atoms with Gasteiger partial charge in [-0.1, -0.05) is 0 Å². The van der Waals surface area contributed by atoms with Crippen molar-refractivity contribution in [1.82, 2.24) is 9.88 Å². The van der Waals surface area contributed by atoms with Gasteiger partial charge < -0.3 is 9.64 Å². The zero-order valence-corrected chi connectivity index (χ0v) is 16.1. The molecule has 1 atom stereocenters. The van der Waals surface area contributed by atoms with Gasteiger partial charge in [0, 0.05) is 24.5 Å². The molecule has 1 aliphatic heterocycles. The molecule has 1 amide bonds. The summed E-state index contributed by atoms with van der Waals surface area (Å²) in [5.74, 6) is 0. The zero-order valence-electron chi connectivity index (χ0n) is 16.1. The molecule has 2 aliphatic rings. The highest BCUT2D eigenvalue weighted by Crippen LogP contribution is 2.55. The molecular weight excluding hydrogens is 357 g/mol. The van der Waals surface area contributed by atoms with Gasteiger partial charge >= 0.3 is 12.3 Å². The van der Waals surface area contributed by atoms with Crippen LogP contribution >= 0.6 is 0 Å². The average Bonchev–Trinajstić information content (AvgIpc) is 3.29. The maximum Gasteiger partial charge on any atom is 0.417 e. The minimum Gasteiger partial charge on any atom is -0.444 e. The summed E-state index contributed by atoms with van der Waals surface area (Å²) in [5.41, 5.74) is -0.319. The van der Waals surface area contributed by atoms with E-state index in [-0.39, 0.29) is 12.1 Å². The lowest BCUT2D eigenvalue weighted by Crippen LogP contribution is -2.48. The molecular formula is C20H27F3N2O2. The Morgan fingerprint density at radius 1 is 1.26 bits per heavy atom. The van der Waals surface area contributed by atoms with E-state index in [0.29, 0.717) is 30.5 Å². The number of amides is 1. The van der Waals surface area contributed by atoms with Gasteiger partial charge in [-0.2, -0.15) is 13.2 Å². The Labute approximate surface area is 158 Å². The molecule has 150 valence electrons. The normalized spacial score (nSPS) is 22.0. The van der Waals surface area contributed by atoms with Gasteiger partial charge in [0.15, 0.2) is 0 Å². The second kappa shape index (κ2) is 6.99. The van der Waals surface area contributed by atoms with Gasteiger partial charge in [0.05, 0.1) is 5.56 Å². The molecule has 1 saturated heterocycles. The van der Waals surface area contributed by atoms with Crippen LogP contribution in [0.25, 0.3) is 0 Å². The summed E-state index contributed by atoms with van der Waals surface area (Å²) in [6.07, 6.45) is 1.76. The third kappa shape index (κ3) is 5.14. The van der Waals surface area contributed by atoms with E-state index in [1.165, 1.54) is 18.9 Å². The number of hydrogen-bond acceptors (Lipinski definition) is 3. The van der Waals surface area contributed by atoms with Crippen molar-refractivity contribution in [2.45, 2.75) is 77.1 Å². The molecule has 1 spiro atoms. The van der Waals surface area contributed by atoms with Crippen LogP contribution in [0, 0.1) is 5.41 Å². The average molecular weight is 384 g/mol. The Kier molecular flexibility index (Phi) is 5.16. The van der Waals surface area contributed by atoms with E-state index in [1.54, 1.807) is 4.90 Å². The van der Waals surface area contributed by atoms with Gasteiger partial charge in [-0.25, -0.2) is 4.79 Å². The number of aryl methyl sites for hydroxylation is 1. The molecule has 0 aromatic carbocycles. The Balaban J connectivity index is 1.65. The van der Waals surface area contributed by atoms with Crippen LogP contribution in [-0.2, 0) is 17.3 Å². The minimum atomic E-state index is -4.37. The summed E-state index contributed by atoms with van der Waals surface area (Å²) in [7, 11) is 0. The van der Waals surface area contributed by atoms with E-state index in [1.807, 2.05) is 20.8 Å². The van der Waals surface area contributed by atoms with E-state index in [2.05, 4.69) is 4.98 Å². The molecule has 4 nitrogen and oxygen atoms in total. The summed E-state index contributed by atoms with van der Waals surface area (Å²) in [6, 6.07) is 2.54. The van der Waals surface area contributed by atoms with E-state index >= 15 is 0 Å². The molecule has 0 bridgehead atoms. The Morgan fingerprint density at radius 3 is 2.48 bits per heavy atom. The quantitative estimate of drug-likeness (QED) is 0.718. The number of alkyl halides is 3. The van der Waals surface area contributed by atoms with E-state index in [4.69, 9.17) is 4.74 Å². The highest BCUT2D eigenvalue weighted by Gasteiger charge is 2.49. The molecule has 1 saturated carbocycles. The fourth-order valence-electron chi connectivity index (χ4n) is 3.76. The number of nitrogens with zero attached hydrogens (tertiary/aromatic N) is 2. The van der Waals surface area contributed by atoms with Gasteiger partial charge in [-0.3, -0.25) is 4.98 Å².